The van der Waals surface area contributed by atoms with Crippen LogP contribution in [0.1, 0.15) is 209 Å². The van der Waals surface area contributed by atoms with Crippen molar-refractivity contribution in [2.24, 2.45) is 11.6 Å². The molecule has 3 aliphatic carbocycles. The summed E-state index contributed by atoms with van der Waals surface area (Å²) in [6.45, 7) is -2.22. The number of pyridine rings is 3. The Morgan fingerprint density at radius 3 is 0.887 bits per heavy atom. The number of carbonyl (C=O) groups is 6. The molecule has 3 atom stereocenters. The second-order valence-electron chi connectivity index (χ2n) is 35.7. The van der Waals surface area contributed by atoms with Crippen LogP contribution in [0.25, 0.3) is 0 Å². The largest absolute Gasteiger partial charge is 0.478 e. The Bertz CT molecular complexity index is 6890. The van der Waals surface area contributed by atoms with Crippen LogP contribution in [0.3, 0.4) is 0 Å². The lowest BCUT2D eigenvalue weighted by atomic mass is 9.85. The molecule has 6 aliphatic rings. The average molecular weight is 2190 g/mol. The molecular formula is C101H93ClF18N12O15S3. The molecule has 3 saturated carbocycles. The molecule has 0 radical (unpaired) electrons. The van der Waals surface area contributed by atoms with E-state index >= 15 is 13.2 Å². The van der Waals surface area contributed by atoms with Crippen LogP contribution < -0.4 is 31.8 Å². The lowest BCUT2D eigenvalue weighted by molar-refractivity contribution is -0.125. The van der Waals surface area contributed by atoms with Crippen molar-refractivity contribution < 1.29 is 148 Å². The average Bonchev–Trinajstić information content (AvgIpc) is 0.739. The number of amides is 5. The molecule has 17 rings (SSSR count). The Balaban J connectivity index is 0.000000179. The third-order valence-electron chi connectivity index (χ3n) is 26.4. The van der Waals surface area contributed by atoms with Gasteiger partial charge < -0.3 is 25.5 Å². The third kappa shape index (κ3) is 24.8. The number of nitrogens with two attached hydrogens (primary N) is 2. The highest BCUT2D eigenvalue weighted by Crippen LogP contribution is 2.43. The second kappa shape index (κ2) is 49.2. The number of primary amides is 1. The van der Waals surface area contributed by atoms with E-state index in [2.05, 4.69) is 25.3 Å². The van der Waals surface area contributed by atoms with Crippen LogP contribution in [0.4, 0.5) is 96.1 Å². The summed E-state index contributed by atoms with van der Waals surface area (Å²) in [6.07, 6.45) is 20.1. The van der Waals surface area contributed by atoms with Gasteiger partial charge in [0.15, 0.2) is 84.5 Å². The lowest BCUT2D eigenvalue weighted by Crippen LogP contribution is -2.59. The molecule has 150 heavy (non-hydrogen) atoms. The van der Waals surface area contributed by atoms with Gasteiger partial charge in [0.2, 0.25) is 71.2 Å². The number of hydroxylamine groups is 1. The molecule has 3 aliphatic heterocycles. The Morgan fingerprint density at radius 1 is 0.353 bits per heavy atom. The van der Waals surface area contributed by atoms with Gasteiger partial charge in [-0.25, -0.2) is 120 Å². The van der Waals surface area contributed by atoms with Gasteiger partial charge in [-0.05, 0) is 176 Å². The molecule has 798 valence electrons. The van der Waals surface area contributed by atoms with E-state index in [1.165, 1.54) is 6.07 Å². The monoisotopic (exact) mass is 2190 g/mol. The maximum atomic E-state index is 15.8. The normalized spacial score (nSPS) is 16.8. The topological polar surface area (TPSA) is 366 Å². The van der Waals surface area contributed by atoms with E-state index in [1.807, 2.05) is 48.5 Å². The predicted octanol–water partition coefficient (Wildman–Crippen LogP) is 19.0. The van der Waals surface area contributed by atoms with E-state index in [0.29, 0.717) is 34.7 Å². The highest BCUT2D eigenvalue weighted by molar-refractivity contribution is 7.89. The van der Waals surface area contributed by atoms with Gasteiger partial charge in [0.25, 0.3) is 5.91 Å². The van der Waals surface area contributed by atoms with E-state index in [0.717, 1.165) is 181 Å². The molecule has 6 fully saturated rings. The fourth-order valence-electron chi connectivity index (χ4n) is 18.1. The Hall–Kier alpha value is -13.3. The maximum absolute atomic E-state index is 15.8. The SMILES string of the molecule is Cl.NC(=O)c1ccc(N(Cc2ccc(C3CCCCC3)cn2)C(=O)[C@H]2CCN2S(=O)(=O)c2c(F)c(F)c(F)c(F)c2F)c(F)c1.NOCc1ccccc1.O=C(NOCc1ccccc1)c1ccc(N(Cc2ccc(C3CCCCC3)cn2)C(=O)[C@H]2CCN2S(=O)(=O)c2c(F)c(F)c(F)c(F)c2F)c(F)c1.O=C(O)c1ccc(N(Cc2ccc(C3CCCCC3)cn2)C(=O)[C@H]2CCN2S(=O)(=O)c2c(F)c(F)c(F)c(F)c2F)c(F)c1. The van der Waals surface area contributed by atoms with E-state index in [4.69, 9.17) is 16.5 Å². The minimum Gasteiger partial charge on any atom is -0.478 e. The van der Waals surface area contributed by atoms with Crippen LogP contribution in [0.5, 0.6) is 0 Å². The third-order valence-corrected chi connectivity index (χ3v) is 32.1. The first kappa shape index (κ1) is 114. The molecule has 11 aromatic rings. The number of aromatic carboxylic acids is 1. The summed E-state index contributed by atoms with van der Waals surface area (Å²) < 4.78 is 338. The number of halogens is 19. The number of carboxylic acids is 1. The fraction of sp³-hybridized carbons (Fsp3) is 0.317. The van der Waals surface area contributed by atoms with Gasteiger partial charge in [-0.15, -0.1) is 12.4 Å². The van der Waals surface area contributed by atoms with E-state index in [1.54, 1.807) is 67.1 Å². The molecule has 3 aromatic heterocycles. The lowest BCUT2D eigenvalue weighted by Gasteiger charge is -2.41. The number of hydrogen-bond donors (Lipinski definition) is 4. The van der Waals surface area contributed by atoms with E-state index in [-0.39, 0.29) is 81.6 Å². The van der Waals surface area contributed by atoms with Crippen LogP contribution in [0.15, 0.2) is 185 Å². The van der Waals surface area contributed by atoms with Crippen molar-refractivity contribution in [3.63, 3.8) is 0 Å². The summed E-state index contributed by atoms with van der Waals surface area (Å²) in [5.41, 5.74) is 11.0. The number of hydrogen-bond acceptors (Lipinski definition) is 18. The van der Waals surface area contributed by atoms with Gasteiger partial charge in [-0.2, -0.15) is 12.9 Å². The minimum absolute atomic E-state index is 0. The number of nitrogens with one attached hydrogen (secondary N) is 1. The molecule has 6 N–H and O–H groups in total. The van der Waals surface area contributed by atoms with Gasteiger partial charge in [0.05, 0.1) is 72.6 Å². The second-order valence-corrected chi connectivity index (χ2v) is 41.1. The summed E-state index contributed by atoms with van der Waals surface area (Å²) in [4.78, 5) is 96.3. The number of rotatable bonds is 29. The molecule has 6 heterocycles. The van der Waals surface area contributed by atoms with Crippen molar-refractivity contribution in [3.8, 4) is 0 Å². The highest BCUT2D eigenvalue weighted by Gasteiger charge is 2.53. The molecule has 0 bridgehead atoms. The first-order chi connectivity index (χ1) is 71.0. The van der Waals surface area contributed by atoms with Crippen LogP contribution in [-0.4, -0.2) is 131 Å². The zero-order chi connectivity index (χ0) is 108. The molecule has 0 unspecified atom stereocenters. The summed E-state index contributed by atoms with van der Waals surface area (Å²) >= 11 is 0. The van der Waals surface area contributed by atoms with Crippen LogP contribution in [0.2, 0.25) is 0 Å². The number of aromatic nitrogens is 3. The van der Waals surface area contributed by atoms with Gasteiger partial charge >= 0.3 is 5.97 Å². The number of carbonyl (C=O) groups excluding carboxylic acids is 5. The number of nitrogens with zero attached hydrogens (tertiary/aromatic N) is 9. The van der Waals surface area contributed by atoms with Gasteiger partial charge in [0.1, 0.15) is 35.6 Å². The zero-order valence-electron chi connectivity index (χ0n) is 78.8. The first-order valence-electron chi connectivity index (χ1n) is 46.6. The number of sulfonamides is 3. The predicted molar refractivity (Wildman–Crippen MR) is 505 cm³/mol. The molecule has 49 heteroatoms. The Morgan fingerprint density at radius 2 is 0.627 bits per heavy atom. The smallest absolute Gasteiger partial charge is 0.335 e. The van der Waals surface area contributed by atoms with Crippen LogP contribution in [0, 0.1) is 105 Å². The van der Waals surface area contributed by atoms with E-state index in [9.17, 15) is 125 Å². The number of anilines is 3. The van der Waals surface area contributed by atoms with E-state index < -0.39 is 258 Å². The minimum atomic E-state index is -5.47. The first-order valence-corrected chi connectivity index (χ1v) is 50.9. The van der Waals surface area contributed by atoms with Gasteiger partial charge in [-0.1, -0.05) is 137 Å². The molecule has 8 aromatic carbocycles. The van der Waals surface area contributed by atoms with Gasteiger partial charge in [0, 0.05) is 49.4 Å². The highest BCUT2D eigenvalue weighted by atomic mass is 35.5. The van der Waals surface area contributed by atoms with Crippen LogP contribution >= 0.6 is 12.4 Å². The molecule has 0 spiro atoms. The molecule has 5 amide bonds. The quantitative estimate of drug-likeness (QED) is 0.0146. The maximum Gasteiger partial charge on any atom is 0.335 e. The summed E-state index contributed by atoms with van der Waals surface area (Å²) in [5.74, 6) is -41.9. The standard InChI is InChI=1S/C36H32F6N4O5S.C29H26F6N4O4S.C29H25F6N3O5S.C7H9NO.ClH/c37-26-17-23(35(47)44-51-20-21-7-3-1-4-8-21)12-14-27(26)45(19-25-13-11-24(18-43-25)22-9-5-2-6-10-22)36(48)28-15-16-46(28)52(49,50)34-32(41)30(39)29(38)31(40)33(34)42;30-19-12-16(28(36)40)7-9-20(19)38(14-18-8-6-17(13-37-18)15-4-2-1-3-5-15)29(41)21-10-11-39(21)44(42,43)27-25(34)23(32)22(31)24(33)26(27)35;30-19-12-16(29(40)41)7-9-20(19)37(14-18-8-6-17(13-36-18)15-4-2-1-3-5-15)28(39)21-10-11-38(21)44(42,43)27-25(34)23(32)22(31)24(33)26(27)35;8-9-6-7-4-2-1-3-5-7;/h1,3-4,7-8,11-14,17-18,22,28H,2,5-6,9-10,15-16,19-20H2,(H,44,47);6-9,12-13,15,21H,1-5,10-11,14H2,(H2,36,40);6-9,12-13,15,21H,1-5,10-11,14H2,(H,40,41);1-5H,6,8H2;1H/t28-;2*21-;;/m111../s1. The number of carboxylic acid groups (broad SMARTS) is 1. The summed E-state index contributed by atoms with van der Waals surface area (Å²) in [7, 11) is -16.4. The molecule has 27 nitrogen and oxygen atoms in total. The van der Waals surface area contributed by atoms with Crippen molar-refractivity contribution in [1.29, 1.82) is 0 Å². The van der Waals surface area contributed by atoms with Crippen LogP contribution in [-0.2, 0) is 87.0 Å². The Kier molecular flexibility index (Phi) is 37.3. The van der Waals surface area contributed by atoms with Crippen molar-refractivity contribution in [2.45, 2.75) is 199 Å². The molecule has 3 saturated heterocycles. The Labute approximate surface area is 853 Å². The number of benzene rings is 8. The van der Waals surface area contributed by atoms with Crippen molar-refractivity contribution in [1.82, 2.24) is 33.3 Å². The van der Waals surface area contributed by atoms with Crippen molar-refractivity contribution in [2.75, 3.05) is 34.3 Å². The van der Waals surface area contributed by atoms with Gasteiger partial charge in [-0.3, -0.25) is 48.6 Å². The zero-order valence-corrected chi connectivity index (χ0v) is 82.1. The van der Waals surface area contributed by atoms with Crippen molar-refractivity contribution in [3.05, 3.63) is 337 Å². The summed E-state index contributed by atoms with van der Waals surface area (Å²) in [5, 5.41) is 9.22. The fourth-order valence-corrected chi connectivity index (χ4v) is 23.3. The molecular weight excluding hydrogens is 2090 g/mol. The van der Waals surface area contributed by atoms with Crippen molar-refractivity contribution >= 4 is 95.0 Å². The summed E-state index contributed by atoms with van der Waals surface area (Å²) in [6, 6.07) is 32.7.